The van der Waals surface area contributed by atoms with Crippen molar-refractivity contribution in [3.63, 3.8) is 0 Å². The summed E-state index contributed by atoms with van der Waals surface area (Å²) in [7, 11) is 0. The Labute approximate surface area is 165 Å². The first-order valence-corrected chi connectivity index (χ1v) is 9.63. The third-order valence-electron chi connectivity index (χ3n) is 4.83. The molecule has 1 N–H and O–H groups in total. The van der Waals surface area contributed by atoms with Gasteiger partial charge in [-0.15, -0.1) is 0 Å². The van der Waals surface area contributed by atoms with Gasteiger partial charge >= 0.3 is 0 Å². The van der Waals surface area contributed by atoms with Gasteiger partial charge in [0.25, 0.3) is 0 Å². The second kappa shape index (κ2) is 7.80. The van der Waals surface area contributed by atoms with E-state index in [1.807, 2.05) is 55.9 Å². The van der Waals surface area contributed by atoms with Crippen LogP contribution in [0.5, 0.6) is 0 Å². The Morgan fingerprint density at radius 3 is 2.36 bits per heavy atom. The minimum absolute atomic E-state index is 0.504. The van der Waals surface area contributed by atoms with Crippen molar-refractivity contribution >= 4 is 18.0 Å². The number of hydrazone groups is 1. The van der Waals surface area contributed by atoms with Crippen LogP contribution in [0.1, 0.15) is 35.5 Å². The van der Waals surface area contributed by atoms with Crippen molar-refractivity contribution in [2.75, 3.05) is 23.4 Å². The van der Waals surface area contributed by atoms with E-state index in [9.17, 15) is 0 Å². The lowest BCUT2D eigenvalue weighted by Gasteiger charge is -2.20. The number of hydrogen-bond donors (Lipinski definition) is 1. The summed E-state index contributed by atoms with van der Waals surface area (Å²) in [6, 6.07) is 12.2. The Morgan fingerprint density at radius 1 is 1.00 bits per heavy atom. The second-order valence-electron chi connectivity index (χ2n) is 7.11. The van der Waals surface area contributed by atoms with Crippen LogP contribution in [0.4, 0.5) is 11.8 Å². The molecule has 28 heavy (non-hydrogen) atoms. The molecule has 0 spiro atoms. The quantitative estimate of drug-likeness (QED) is 0.545. The molecule has 3 aromatic rings. The summed E-state index contributed by atoms with van der Waals surface area (Å²) in [6.07, 6.45) is 4.23. The first kappa shape index (κ1) is 18.2. The molecule has 0 amide bonds. The molecular weight excluding hydrogens is 350 g/mol. The molecule has 7 heteroatoms. The summed E-state index contributed by atoms with van der Waals surface area (Å²) in [5.41, 5.74) is 7.80. The average Bonchev–Trinajstić information content (AvgIpc) is 3.30. The molecule has 144 valence electrons. The van der Waals surface area contributed by atoms with Gasteiger partial charge in [0.05, 0.1) is 23.2 Å². The fourth-order valence-electron chi connectivity index (χ4n) is 3.59. The maximum atomic E-state index is 4.80. The molecule has 3 heterocycles. The summed E-state index contributed by atoms with van der Waals surface area (Å²) in [5.74, 6) is 1.60. The number of nitrogens with zero attached hydrogens (tertiary/aromatic N) is 6. The van der Waals surface area contributed by atoms with Gasteiger partial charge in [0.1, 0.15) is 5.82 Å². The van der Waals surface area contributed by atoms with Gasteiger partial charge in [0.2, 0.25) is 5.95 Å². The molecule has 1 fully saturated rings. The first-order chi connectivity index (χ1) is 13.6. The predicted octanol–water partition coefficient (Wildman–Crippen LogP) is 3.63. The number of anilines is 2. The molecule has 1 saturated heterocycles. The Balaban J connectivity index is 1.68. The number of nitrogens with one attached hydrogen (secondary N) is 1. The lowest BCUT2D eigenvalue weighted by molar-refractivity contribution is 0.815. The van der Waals surface area contributed by atoms with E-state index in [-0.39, 0.29) is 0 Å². The molecule has 0 bridgehead atoms. The van der Waals surface area contributed by atoms with Crippen LogP contribution in [0.3, 0.4) is 0 Å². The van der Waals surface area contributed by atoms with E-state index >= 15 is 0 Å². The number of aromatic nitrogens is 4. The zero-order valence-corrected chi connectivity index (χ0v) is 16.6. The number of benzene rings is 1. The number of aryl methyl sites for hydroxylation is 3. The SMILES string of the molecule is Cc1cc(C)nc(NN=Cc2c(C)nn(-c3ccccc3)c2N2CCCC2)n1. The zero-order valence-electron chi connectivity index (χ0n) is 16.6. The van der Waals surface area contributed by atoms with Crippen molar-refractivity contribution in [1.82, 2.24) is 19.7 Å². The van der Waals surface area contributed by atoms with E-state index in [1.54, 1.807) is 0 Å². The molecular formula is C21H25N7. The van der Waals surface area contributed by atoms with Crippen molar-refractivity contribution in [3.8, 4) is 5.69 Å². The third-order valence-corrected chi connectivity index (χ3v) is 4.83. The highest BCUT2D eigenvalue weighted by molar-refractivity contribution is 5.89. The number of rotatable bonds is 5. The van der Waals surface area contributed by atoms with E-state index in [4.69, 9.17) is 5.10 Å². The van der Waals surface area contributed by atoms with Gasteiger partial charge in [-0.2, -0.15) is 10.2 Å². The van der Waals surface area contributed by atoms with Crippen LogP contribution >= 0.6 is 0 Å². The lowest BCUT2D eigenvalue weighted by Crippen LogP contribution is -2.22. The lowest BCUT2D eigenvalue weighted by atomic mass is 10.2. The van der Waals surface area contributed by atoms with E-state index < -0.39 is 0 Å². The fraction of sp³-hybridized carbons (Fsp3) is 0.333. The van der Waals surface area contributed by atoms with Gasteiger partial charge in [0, 0.05) is 24.5 Å². The Morgan fingerprint density at radius 2 is 1.68 bits per heavy atom. The number of para-hydroxylation sites is 1. The predicted molar refractivity (Wildman–Crippen MR) is 112 cm³/mol. The molecule has 7 nitrogen and oxygen atoms in total. The van der Waals surface area contributed by atoms with E-state index in [0.29, 0.717) is 5.95 Å². The summed E-state index contributed by atoms with van der Waals surface area (Å²) >= 11 is 0. The maximum absolute atomic E-state index is 4.80. The van der Waals surface area contributed by atoms with E-state index in [2.05, 4.69) is 37.5 Å². The molecule has 0 atom stereocenters. The molecule has 0 aliphatic carbocycles. The molecule has 4 rings (SSSR count). The van der Waals surface area contributed by atoms with Crippen LogP contribution in [0.15, 0.2) is 41.5 Å². The minimum Gasteiger partial charge on any atom is -0.356 e. The first-order valence-electron chi connectivity index (χ1n) is 9.63. The summed E-state index contributed by atoms with van der Waals surface area (Å²) in [5, 5.41) is 9.22. The van der Waals surface area contributed by atoms with E-state index in [1.165, 1.54) is 12.8 Å². The van der Waals surface area contributed by atoms with Gasteiger partial charge in [0.15, 0.2) is 0 Å². The van der Waals surface area contributed by atoms with Crippen molar-refractivity contribution in [2.45, 2.75) is 33.6 Å². The fourth-order valence-corrected chi connectivity index (χ4v) is 3.59. The van der Waals surface area contributed by atoms with Crippen LogP contribution in [0.25, 0.3) is 5.69 Å². The minimum atomic E-state index is 0.504. The van der Waals surface area contributed by atoms with Crippen LogP contribution in [0.2, 0.25) is 0 Å². The highest BCUT2D eigenvalue weighted by atomic mass is 15.4. The summed E-state index contributed by atoms with van der Waals surface area (Å²) < 4.78 is 2.02. The Kier molecular flexibility index (Phi) is 5.06. The molecule has 0 unspecified atom stereocenters. The standard InChI is InChI=1S/C21H25N7/c1-15-13-16(2)24-21(23-15)25-22-14-19-17(3)26-28(18-9-5-4-6-10-18)20(19)27-11-7-8-12-27/h4-6,9-10,13-14H,7-8,11-12H2,1-3H3,(H,23,24,25). The molecule has 2 aromatic heterocycles. The Hall–Kier alpha value is -3.22. The highest BCUT2D eigenvalue weighted by Gasteiger charge is 2.23. The molecule has 1 aliphatic heterocycles. The average molecular weight is 375 g/mol. The summed E-state index contributed by atoms with van der Waals surface area (Å²) in [6.45, 7) is 7.98. The summed E-state index contributed by atoms with van der Waals surface area (Å²) in [4.78, 5) is 11.1. The normalized spacial score (nSPS) is 14.2. The zero-order chi connectivity index (χ0) is 19.5. The van der Waals surface area contributed by atoms with Crippen molar-refractivity contribution in [3.05, 3.63) is 59.0 Å². The van der Waals surface area contributed by atoms with Crippen LogP contribution in [-0.2, 0) is 0 Å². The molecule has 1 aromatic carbocycles. The van der Waals surface area contributed by atoms with Gasteiger partial charge in [-0.1, -0.05) is 18.2 Å². The molecule has 0 saturated carbocycles. The Bertz CT molecular complexity index is 965. The number of hydrogen-bond acceptors (Lipinski definition) is 6. The van der Waals surface area contributed by atoms with Crippen molar-refractivity contribution in [2.24, 2.45) is 5.10 Å². The topological polar surface area (TPSA) is 71.2 Å². The van der Waals surface area contributed by atoms with E-state index in [0.717, 1.165) is 47.2 Å². The van der Waals surface area contributed by atoms with Crippen molar-refractivity contribution < 1.29 is 0 Å². The van der Waals surface area contributed by atoms with Gasteiger partial charge in [-0.3, -0.25) is 0 Å². The van der Waals surface area contributed by atoms with Crippen LogP contribution in [0, 0.1) is 20.8 Å². The second-order valence-corrected chi connectivity index (χ2v) is 7.11. The van der Waals surface area contributed by atoms with Gasteiger partial charge in [-0.05, 0) is 51.8 Å². The van der Waals surface area contributed by atoms with Gasteiger partial charge in [-0.25, -0.2) is 20.1 Å². The molecule has 1 aliphatic rings. The smallest absolute Gasteiger partial charge is 0.243 e. The highest BCUT2D eigenvalue weighted by Crippen LogP contribution is 2.29. The largest absolute Gasteiger partial charge is 0.356 e. The van der Waals surface area contributed by atoms with Gasteiger partial charge < -0.3 is 4.90 Å². The third kappa shape index (κ3) is 3.74. The van der Waals surface area contributed by atoms with Crippen molar-refractivity contribution in [1.29, 1.82) is 0 Å². The maximum Gasteiger partial charge on any atom is 0.243 e. The van der Waals surface area contributed by atoms with Crippen LogP contribution in [-0.4, -0.2) is 39.1 Å². The monoisotopic (exact) mass is 375 g/mol. The van der Waals surface area contributed by atoms with Crippen LogP contribution < -0.4 is 10.3 Å². The molecule has 0 radical (unpaired) electrons.